The molecule has 0 radical (unpaired) electrons. The number of nitrogens with zero attached hydrogens (tertiary/aromatic N) is 4. The highest BCUT2D eigenvalue weighted by atomic mass is 32.2. The molecule has 128 valence electrons. The van der Waals surface area contributed by atoms with E-state index in [1.54, 1.807) is 19.1 Å². The Morgan fingerprint density at radius 2 is 1.72 bits per heavy atom. The average molecular weight is 357 g/mol. The fraction of sp³-hybridized carbons (Fsp3) is 0.125. The zero-order valence-electron chi connectivity index (χ0n) is 13.3. The van der Waals surface area contributed by atoms with E-state index in [0.29, 0.717) is 17.1 Å². The van der Waals surface area contributed by atoms with Gasteiger partial charge in [0, 0.05) is 0 Å². The van der Waals surface area contributed by atoms with Crippen LogP contribution < -0.4 is 10.1 Å². The van der Waals surface area contributed by atoms with E-state index in [9.17, 15) is 13.2 Å². The van der Waals surface area contributed by atoms with Crippen LogP contribution in [0.1, 0.15) is 6.92 Å². The van der Waals surface area contributed by atoms with Crippen LogP contribution in [0.4, 0.5) is 11.4 Å². The summed E-state index contributed by atoms with van der Waals surface area (Å²) >= 11 is 0. The van der Waals surface area contributed by atoms with Gasteiger partial charge in [0.15, 0.2) is 6.04 Å². The molecule has 2 aromatic carbocycles. The Kier molecular flexibility index (Phi) is 4.43. The lowest BCUT2D eigenvalue weighted by atomic mass is 10.2. The second-order valence-corrected chi connectivity index (χ2v) is 6.95. The molecule has 2 aromatic rings. The summed E-state index contributed by atoms with van der Waals surface area (Å²) in [7, 11) is -3.76. The van der Waals surface area contributed by atoms with Crippen LogP contribution in [-0.2, 0) is 14.8 Å². The van der Waals surface area contributed by atoms with Gasteiger partial charge in [-0.25, -0.2) is 13.6 Å². The SMILES string of the molecule is CC1=NN(c2ccccc2)C(=O)[C@H]1N=Nc1ccc(S(N)(=O)=O)cc1. The molecule has 8 nitrogen and oxygen atoms in total. The second kappa shape index (κ2) is 6.54. The number of azo groups is 1. The molecule has 1 amide bonds. The third-order valence-electron chi connectivity index (χ3n) is 3.55. The van der Waals surface area contributed by atoms with Gasteiger partial charge in [-0.3, -0.25) is 4.79 Å². The summed E-state index contributed by atoms with van der Waals surface area (Å²) in [5.41, 5.74) is 1.59. The van der Waals surface area contributed by atoms with Gasteiger partial charge in [0.25, 0.3) is 5.91 Å². The van der Waals surface area contributed by atoms with Crippen LogP contribution in [0.15, 0.2) is 74.8 Å². The first-order chi connectivity index (χ1) is 11.9. The van der Waals surface area contributed by atoms with E-state index in [2.05, 4.69) is 15.3 Å². The molecule has 1 aliphatic rings. The summed E-state index contributed by atoms with van der Waals surface area (Å²) in [6, 6.07) is 13.8. The molecule has 25 heavy (non-hydrogen) atoms. The first-order valence-electron chi connectivity index (χ1n) is 7.34. The van der Waals surface area contributed by atoms with Crippen LogP contribution >= 0.6 is 0 Å². The number of para-hydroxylation sites is 1. The molecule has 0 saturated heterocycles. The molecule has 0 unspecified atom stereocenters. The Morgan fingerprint density at radius 3 is 2.32 bits per heavy atom. The van der Waals surface area contributed by atoms with Gasteiger partial charge in [-0.05, 0) is 43.3 Å². The number of rotatable bonds is 4. The molecule has 1 aliphatic heterocycles. The van der Waals surface area contributed by atoms with Gasteiger partial charge >= 0.3 is 0 Å². The molecule has 0 bridgehead atoms. The van der Waals surface area contributed by atoms with Crippen molar-refractivity contribution in [2.24, 2.45) is 20.5 Å². The number of nitrogens with two attached hydrogens (primary N) is 1. The minimum Gasteiger partial charge on any atom is -0.269 e. The molecule has 2 N–H and O–H groups in total. The van der Waals surface area contributed by atoms with Crippen LogP contribution in [0.3, 0.4) is 0 Å². The summed E-state index contributed by atoms with van der Waals surface area (Å²) in [4.78, 5) is 12.5. The predicted octanol–water partition coefficient (Wildman–Crippen LogP) is 2.21. The molecular formula is C16H15N5O3S. The summed E-state index contributed by atoms with van der Waals surface area (Å²) in [6.45, 7) is 1.70. The molecule has 9 heteroatoms. The van der Waals surface area contributed by atoms with Crippen molar-refractivity contribution in [3.05, 3.63) is 54.6 Å². The predicted molar refractivity (Wildman–Crippen MR) is 93.2 cm³/mol. The quantitative estimate of drug-likeness (QED) is 0.845. The van der Waals surface area contributed by atoms with Gasteiger partial charge in [-0.1, -0.05) is 18.2 Å². The van der Waals surface area contributed by atoms with Gasteiger partial charge in [-0.15, -0.1) is 0 Å². The average Bonchev–Trinajstić information content (AvgIpc) is 2.88. The van der Waals surface area contributed by atoms with E-state index in [1.165, 1.54) is 29.3 Å². The lowest BCUT2D eigenvalue weighted by Gasteiger charge is -2.11. The minimum atomic E-state index is -3.76. The lowest BCUT2D eigenvalue weighted by molar-refractivity contribution is -0.117. The van der Waals surface area contributed by atoms with Crippen molar-refractivity contribution < 1.29 is 13.2 Å². The highest BCUT2D eigenvalue weighted by Gasteiger charge is 2.34. The van der Waals surface area contributed by atoms with E-state index in [4.69, 9.17) is 5.14 Å². The third-order valence-corrected chi connectivity index (χ3v) is 4.48. The normalized spacial score (nSPS) is 18.0. The second-order valence-electron chi connectivity index (χ2n) is 5.38. The van der Waals surface area contributed by atoms with Gasteiger partial charge in [-0.2, -0.15) is 20.3 Å². The number of hydrazone groups is 1. The van der Waals surface area contributed by atoms with E-state index in [-0.39, 0.29) is 10.8 Å². The molecule has 0 saturated carbocycles. The van der Waals surface area contributed by atoms with Crippen LogP contribution in [0, 0.1) is 0 Å². The van der Waals surface area contributed by atoms with Crippen LogP contribution in [0.25, 0.3) is 0 Å². The fourth-order valence-corrected chi connectivity index (χ4v) is 2.79. The van der Waals surface area contributed by atoms with Crippen LogP contribution in [0.2, 0.25) is 0 Å². The van der Waals surface area contributed by atoms with Crippen molar-refractivity contribution in [2.45, 2.75) is 17.9 Å². The van der Waals surface area contributed by atoms with E-state index in [0.717, 1.165) is 0 Å². The third kappa shape index (κ3) is 3.62. The zero-order valence-corrected chi connectivity index (χ0v) is 14.1. The molecular weight excluding hydrogens is 342 g/mol. The minimum absolute atomic E-state index is 0.0172. The Balaban J connectivity index is 1.78. The van der Waals surface area contributed by atoms with Gasteiger partial charge in [0.1, 0.15) is 0 Å². The molecule has 3 rings (SSSR count). The van der Waals surface area contributed by atoms with Crippen molar-refractivity contribution in [2.75, 3.05) is 5.01 Å². The summed E-state index contributed by atoms with van der Waals surface area (Å²) < 4.78 is 22.5. The molecule has 1 atom stereocenters. The molecule has 0 fully saturated rings. The highest BCUT2D eigenvalue weighted by molar-refractivity contribution is 7.89. The first-order valence-corrected chi connectivity index (χ1v) is 8.89. The van der Waals surface area contributed by atoms with Gasteiger partial charge < -0.3 is 0 Å². The largest absolute Gasteiger partial charge is 0.280 e. The van der Waals surface area contributed by atoms with Crippen molar-refractivity contribution in [1.29, 1.82) is 0 Å². The van der Waals surface area contributed by atoms with Gasteiger partial charge in [0.2, 0.25) is 10.0 Å². The number of primary sulfonamides is 1. The van der Waals surface area contributed by atoms with Crippen LogP contribution in [-0.4, -0.2) is 26.1 Å². The van der Waals surface area contributed by atoms with Crippen molar-refractivity contribution in [3.63, 3.8) is 0 Å². The maximum Gasteiger partial charge on any atom is 0.280 e. The van der Waals surface area contributed by atoms with E-state index >= 15 is 0 Å². The summed E-state index contributed by atoms with van der Waals surface area (Å²) in [5.74, 6) is -0.298. The summed E-state index contributed by atoms with van der Waals surface area (Å²) in [6.07, 6.45) is 0. The maximum absolute atomic E-state index is 12.5. The Bertz CT molecular complexity index is 953. The summed E-state index contributed by atoms with van der Waals surface area (Å²) in [5, 5.41) is 18.6. The van der Waals surface area contributed by atoms with E-state index < -0.39 is 16.1 Å². The smallest absolute Gasteiger partial charge is 0.269 e. The van der Waals surface area contributed by atoms with Gasteiger partial charge in [0.05, 0.1) is 22.0 Å². The number of hydrogen-bond acceptors (Lipinski definition) is 6. The zero-order chi connectivity index (χ0) is 18.0. The number of carbonyl (C=O) groups excluding carboxylic acids is 1. The number of benzene rings is 2. The fourth-order valence-electron chi connectivity index (χ4n) is 2.27. The number of hydrogen-bond donors (Lipinski definition) is 1. The van der Waals surface area contributed by atoms with E-state index in [1.807, 2.05) is 18.2 Å². The molecule has 0 aliphatic carbocycles. The van der Waals surface area contributed by atoms with Crippen molar-refractivity contribution in [3.8, 4) is 0 Å². The molecule has 0 spiro atoms. The molecule has 1 heterocycles. The van der Waals surface area contributed by atoms with Crippen molar-refractivity contribution >= 4 is 33.0 Å². The monoisotopic (exact) mass is 357 g/mol. The maximum atomic E-state index is 12.5. The topological polar surface area (TPSA) is 118 Å². The molecule has 0 aromatic heterocycles. The Morgan fingerprint density at radius 1 is 1.08 bits per heavy atom. The Labute approximate surface area is 144 Å². The first kappa shape index (κ1) is 16.9. The highest BCUT2D eigenvalue weighted by Crippen LogP contribution is 2.23. The number of sulfonamides is 1. The lowest BCUT2D eigenvalue weighted by Crippen LogP contribution is -2.29. The Hall–Kier alpha value is -2.91. The number of carbonyl (C=O) groups is 1. The van der Waals surface area contributed by atoms with Crippen molar-refractivity contribution in [1.82, 2.24) is 0 Å². The van der Waals surface area contributed by atoms with Crippen LogP contribution in [0.5, 0.6) is 0 Å². The standard InChI is InChI=1S/C16H15N5O3S/c1-11-15(16(22)21(20-11)13-5-3-2-4-6-13)19-18-12-7-9-14(10-8-12)25(17,23)24/h2-10,15H,1H3,(H2,17,23,24)/t15-/m0/s1. The number of amides is 1. The number of anilines is 1.